The fourth-order valence-corrected chi connectivity index (χ4v) is 2.30. The number of anilines is 2. The summed E-state index contributed by atoms with van der Waals surface area (Å²) >= 11 is 0. The second-order valence-corrected chi connectivity index (χ2v) is 5.28. The van der Waals surface area contributed by atoms with Crippen molar-refractivity contribution in [3.8, 4) is 5.69 Å². The molecule has 0 unspecified atom stereocenters. The highest BCUT2D eigenvalue weighted by Gasteiger charge is 2.30. The number of nitrogens with two attached hydrogens (primary N) is 1. The van der Waals surface area contributed by atoms with E-state index in [1.54, 1.807) is 29.1 Å². The van der Waals surface area contributed by atoms with Crippen molar-refractivity contribution in [3.05, 3.63) is 72.3 Å². The highest BCUT2D eigenvalue weighted by atomic mass is 19.4. The molecule has 1 heterocycles. The molecule has 3 N–H and O–H groups in total. The third-order valence-electron chi connectivity index (χ3n) is 3.52. The third kappa shape index (κ3) is 3.63. The lowest BCUT2D eigenvalue weighted by Gasteiger charge is -2.12. The molecule has 128 valence electrons. The molecule has 0 aliphatic heterocycles. The zero-order chi connectivity index (χ0) is 18.0. The largest absolute Gasteiger partial charge is 0.416 e. The van der Waals surface area contributed by atoms with Crippen molar-refractivity contribution < 1.29 is 18.0 Å². The lowest BCUT2D eigenvalue weighted by atomic mass is 10.1. The topological polar surface area (TPSA) is 72.9 Å². The number of halogens is 3. The number of carbonyl (C=O) groups excluding carboxylic acids is 1. The minimum Gasteiger partial charge on any atom is -0.399 e. The number of hydrogen-bond acceptors (Lipinski definition) is 3. The van der Waals surface area contributed by atoms with E-state index in [0.29, 0.717) is 11.4 Å². The number of carbonyl (C=O) groups is 1. The number of nitrogens with one attached hydrogen (secondary N) is 1. The van der Waals surface area contributed by atoms with Crippen molar-refractivity contribution in [3.63, 3.8) is 0 Å². The van der Waals surface area contributed by atoms with E-state index < -0.39 is 17.6 Å². The van der Waals surface area contributed by atoms with Crippen LogP contribution in [0.15, 0.2) is 61.2 Å². The summed E-state index contributed by atoms with van der Waals surface area (Å²) < 4.78 is 39.4. The number of nitrogen functional groups attached to an aromatic ring is 1. The summed E-state index contributed by atoms with van der Waals surface area (Å²) in [7, 11) is 0. The van der Waals surface area contributed by atoms with Crippen LogP contribution in [-0.4, -0.2) is 15.5 Å². The van der Waals surface area contributed by atoms with Gasteiger partial charge in [0.25, 0.3) is 5.91 Å². The van der Waals surface area contributed by atoms with E-state index in [0.717, 1.165) is 12.1 Å². The van der Waals surface area contributed by atoms with Crippen LogP contribution >= 0.6 is 0 Å². The molecular formula is C17H13F3N4O. The van der Waals surface area contributed by atoms with E-state index in [1.165, 1.54) is 24.5 Å². The Morgan fingerprint density at radius 1 is 1.12 bits per heavy atom. The molecule has 0 aliphatic rings. The van der Waals surface area contributed by atoms with Gasteiger partial charge in [-0.3, -0.25) is 4.79 Å². The van der Waals surface area contributed by atoms with Gasteiger partial charge in [0.2, 0.25) is 0 Å². The average molecular weight is 346 g/mol. The number of aromatic nitrogens is 2. The molecule has 3 rings (SSSR count). The molecule has 5 nitrogen and oxygen atoms in total. The molecular weight excluding hydrogens is 333 g/mol. The zero-order valence-corrected chi connectivity index (χ0v) is 12.8. The van der Waals surface area contributed by atoms with Crippen molar-refractivity contribution in [2.75, 3.05) is 11.1 Å². The van der Waals surface area contributed by atoms with Crippen LogP contribution in [0, 0.1) is 0 Å². The standard InChI is InChI=1S/C17H13F3N4O/c18-17(19,20)11-1-4-13(5-2-11)23-16(25)14-9-12(21)3-6-15(14)24-8-7-22-10-24/h1-10H,21H2,(H,23,25). The molecule has 1 aromatic heterocycles. The van der Waals surface area contributed by atoms with Gasteiger partial charge >= 0.3 is 6.18 Å². The van der Waals surface area contributed by atoms with Crippen LogP contribution < -0.4 is 11.1 Å². The molecule has 0 spiro atoms. The van der Waals surface area contributed by atoms with Gasteiger partial charge in [-0.2, -0.15) is 13.2 Å². The van der Waals surface area contributed by atoms with Gasteiger partial charge in [0, 0.05) is 23.8 Å². The van der Waals surface area contributed by atoms with Crippen LogP contribution in [0.5, 0.6) is 0 Å². The van der Waals surface area contributed by atoms with Gasteiger partial charge < -0.3 is 15.6 Å². The molecule has 8 heteroatoms. The van der Waals surface area contributed by atoms with Crippen LogP contribution in [0.2, 0.25) is 0 Å². The maximum Gasteiger partial charge on any atom is 0.416 e. The Bertz CT molecular complexity index is 887. The Kier molecular flexibility index (Phi) is 4.18. The fraction of sp³-hybridized carbons (Fsp3) is 0.0588. The quantitative estimate of drug-likeness (QED) is 0.710. The van der Waals surface area contributed by atoms with Gasteiger partial charge in [-0.05, 0) is 42.5 Å². The monoisotopic (exact) mass is 346 g/mol. The van der Waals surface area contributed by atoms with E-state index in [9.17, 15) is 18.0 Å². The number of nitrogens with zero attached hydrogens (tertiary/aromatic N) is 2. The van der Waals surface area contributed by atoms with Gasteiger partial charge in [-0.25, -0.2) is 4.98 Å². The van der Waals surface area contributed by atoms with Gasteiger partial charge in [0.1, 0.15) is 0 Å². The van der Waals surface area contributed by atoms with Gasteiger partial charge in [0.05, 0.1) is 23.1 Å². The molecule has 0 aliphatic carbocycles. The van der Waals surface area contributed by atoms with Gasteiger partial charge in [-0.1, -0.05) is 0 Å². The number of benzene rings is 2. The first-order valence-electron chi connectivity index (χ1n) is 7.21. The third-order valence-corrected chi connectivity index (χ3v) is 3.52. The summed E-state index contributed by atoms with van der Waals surface area (Å²) in [6.45, 7) is 0. The van der Waals surface area contributed by atoms with E-state index >= 15 is 0 Å². The maximum atomic E-state index is 12.6. The minimum atomic E-state index is -4.43. The molecule has 0 saturated carbocycles. The summed E-state index contributed by atoms with van der Waals surface area (Å²) in [6, 6.07) is 9.02. The summed E-state index contributed by atoms with van der Waals surface area (Å²) in [5.74, 6) is -0.490. The molecule has 0 bridgehead atoms. The molecule has 0 saturated heterocycles. The van der Waals surface area contributed by atoms with E-state index in [4.69, 9.17) is 5.73 Å². The Balaban J connectivity index is 1.88. The summed E-state index contributed by atoms with van der Waals surface area (Å²) in [5, 5.41) is 2.57. The van der Waals surface area contributed by atoms with Crippen molar-refractivity contribution in [2.45, 2.75) is 6.18 Å². The predicted molar refractivity (Wildman–Crippen MR) is 87.4 cm³/mol. The Morgan fingerprint density at radius 2 is 1.84 bits per heavy atom. The Hall–Kier alpha value is -3.29. The van der Waals surface area contributed by atoms with Crippen LogP contribution in [0.3, 0.4) is 0 Å². The Labute approximate surface area is 140 Å². The van der Waals surface area contributed by atoms with Crippen LogP contribution in [0.4, 0.5) is 24.5 Å². The fourth-order valence-electron chi connectivity index (χ4n) is 2.30. The summed E-state index contributed by atoms with van der Waals surface area (Å²) in [5.41, 5.74) is 6.43. The molecule has 25 heavy (non-hydrogen) atoms. The van der Waals surface area contributed by atoms with E-state index in [1.807, 2.05) is 0 Å². The van der Waals surface area contributed by atoms with Crippen LogP contribution in [0.1, 0.15) is 15.9 Å². The van der Waals surface area contributed by atoms with E-state index in [-0.39, 0.29) is 11.3 Å². The van der Waals surface area contributed by atoms with Crippen molar-refractivity contribution in [1.82, 2.24) is 9.55 Å². The van der Waals surface area contributed by atoms with Gasteiger partial charge in [-0.15, -0.1) is 0 Å². The normalized spacial score (nSPS) is 11.3. The first-order chi connectivity index (χ1) is 11.8. The number of alkyl halides is 3. The zero-order valence-electron chi connectivity index (χ0n) is 12.8. The highest BCUT2D eigenvalue weighted by molar-refractivity contribution is 6.07. The first-order valence-corrected chi connectivity index (χ1v) is 7.21. The number of imidazole rings is 1. The molecule has 0 fully saturated rings. The molecule has 0 radical (unpaired) electrons. The second kappa shape index (κ2) is 6.31. The lowest BCUT2D eigenvalue weighted by molar-refractivity contribution is -0.137. The second-order valence-electron chi connectivity index (χ2n) is 5.28. The number of rotatable bonds is 3. The van der Waals surface area contributed by atoms with Gasteiger partial charge in [0.15, 0.2) is 0 Å². The molecule has 3 aromatic rings. The molecule has 2 aromatic carbocycles. The Morgan fingerprint density at radius 3 is 2.44 bits per heavy atom. The highest BCUT2D eigenvalue weighted by Crippen LogP contribution is 2.30. The van der Waals surface area contributed by atoms with Crippen LogP contribution in [-0.2, 0) is 6.18 Å². The lowest BCUT2D eigenvalue weighted by Crippen LogP contribution is -2.15. The first kappa shape index (κ1) is 16.6. The maximum absolute atomic E-state index is 12.6. The smallest absolute Gasteiger partial charge is 0.399 e. The van der Waals surface area contributed by atoms with E-state index in [2.05, 4.69) is 10.3 Å². The van der Waals surface area contributed by atoms with Crippen molar-refractivity contribution >= 4 is 17.3 Å². The summed E-state index contributed by atoms with van der Waals surface area (Å²) in [6.07, 6.45) is 0.333. The molecule has 0 atom stereocenters. The SMILES string of the molecule is Nc1ccc(-n2ccnc2)c(C(=O)Nc2ccc(C(F)(F)F)cc2)c1. The van der Waals surface area contributed by atoms with Crippen molar-refractivity contribution in [1.29, 1.82) is 0 Å². The van der Waals surface area contributed by atoms with Crippen LogP contribution in [0.25, 0.3) is 5.69 Å². The summed E-state index contributed by atoms with van der Waals surface area (Å²) in [4.78, 5) is 16.5. The number of amides is 1. The number of hydrogen-bond donors (Lipinski definition) is 2. The average Bonchev–Trinajstić information content (AvgIpc) is 3.08. The minimum absolute atomic E-state index is 0.247. The predicted octanol–water partition coefficient (Wildman–Crippen LogP) is 3.73. The molecule has 1 amide bonds. The van der Waals surface area contributed by atoms with Crippen molar-refractivity contribution in [2.24, 2.45) is 0 Å².